The van der Waals surface area contributed by atoms with Crippen LogP contribution in [0.15, 0.2) is 6.07 Å². The molecule has 3 N–H and O–H groups in total. The van der Waals surface area contributed by atoms with Gasteiger partial charge in [-0.25, -0.2) is 10.8 Å². The molecule has 0 saturated carbocycles. The van der Waals surface area contributed by atoms with Crippen molar-refractivity contribution in [2.75, 3.05) is 25.2 Å². The number of nitrogens with zero attached hydrogens (tertiary/aromatic N) is 2. The molecule has 2 aromatic rings. The van der Waals surface area contributed by atoms with Crippen molar-refractivity contribution in [3.8, 4) is 5.88 Å². The van der Waals surface area contributed by atoms with Crippen molar-refractivity contribution in [3.05, 3.63) is 10.9 Å². The van der Waals surface area contributed by atoms with Crippen molar-refractivity contribution in [2.24, 2.45) is 11.8 Å². The lowest BCUT2D eigenvalue weighted by Crippen LogP contribution is -2.14. The predicted octanol–water partition coefficient (Wildman–Crippen LogP) is 1.70. The topological polar surface area (TPSA) is 82.3 Å². The largest absolute Gasteiger partial charge is 0.477 e. The summed E-state index contributed by atoms with van der Waals surface area (Å²) in [5.41, 5.74) is 2.48. The van der Waals surface area contributed by atoms with Crippen LogP contribution in [0.1, 0.15) is 11.3 Å². The van der Waals surface area contributed by atoms with Crippen molar-refractivity contribution in [1.29, 1.82) is 0 Å². The molecular formula is C12H16N4O2S. The number of fused-ring (bicyclic) bond motifs is 1. The fourth-order valence-corrected chi connectivity index (χ4v) is 2.97. The maximum Gasteiger partial charge on any atom is 0.241 e. The molecule has 0 amide bonds. The van der Waals surface area contributed by atoms with E-state index in [1.807, 2.05) is 13.0 Å². The van der Waals surface area contributed by atoms with E-state index >= 15 is 0 Å². The maximum absolute atomic E-state index is 5.84. The van der Waals surface area contributed by atoms with Crippen molar-refractivity contribution < 1.29 is 9.47 Å². The maximum atomic E-state index is 5.84. The number of ether oxygens (including phenoxy) is 2. The minimum absolute atomic E-state index is 0.382. The summed E-state index contributed by atoms with van der Waals surface area (Å²) in [4.78, 5) is 10.7. The first kappa shape index (κ1) is 12.6. The van der Waals surface area contributed by atoms with Crippen LogP contribution < -0.4 is 16.0 Å². The Bertz CT molecular complexity index is 580. The summed E-state index contributed by atoms with van der Waals surface area (Å²) in [5, 5.41) is 0.945. The van der Waals surface area contributed by atoms with E-state index in [4.69, 9.17) is 15.3 Å². The lowest BCUT2D eigenvalue weighted by molar-refractivity contribution is 0.166. The third-order valence-corrected chi connectivity index (χ3v) is 4.03. The quantitative estimate of drug-likeness (QED) is 0.655. The molecule has 1 aliphatic rings. The van der Waals surface area contributed by atoms with Crippen molar-refractivity contribution in [3.63, 3.8) is 0 Å². The number of aryl methyl sites for hydroxylation is 1. The van der Waals surface area contributed by atoms with Crippen molar-refractivity contribution in [1.82, 2.24) is 9.97 Å². The van der Waals surface area contributed by atoms with Gasteiger partial charge in [-0.3, -0.25) is 5.43 Å². The van der Waals surface area contributed by atoms with Crippen LogP contribution in [0.25, 0.3) is 10.2 Å². The predicted molar refractivity (Wildman–Crippen MR) is 74.4 cm³/mol. The number of nitrogen functional groups attached to an aromatic ring is 1. The number of hydrazine groups is 1. The molecule has 2 aromatic heterocycles. The third kappa shape index (κ3) is 2.63. The minimum Gasteiger partial charge on any atom is -0.477 e. The van der Waals surface area contributed by atoms with Gasteiger partial charge >= 0.3 is 0 Å². The molecule has 1 aliphatic heterocycles. The molecule has 1 fully saturated rings. The number of nitrogens with one attached hydrogen (secondary N) is 1. The van der Waals surface area contributed by atoms with E-state index in [0.29, 0.717) is 24.4 Å². The smallest absolute Gasteiger partial charge is 0.241 e. The SMILES string of the molecule is Cc1cc2c(OCC3CCOC3)nc(NN)nc2s1. The summed E-state index contributed by atoms with van der Waals surface area (Å²) < 4.78 is 11.2. The van der Waals surface area contributed by atoms with Crippen LogP contribution in [0.4, 0.5) is 5.95 Å². The second-order valence-electron chi connectivity index (χ2n) is 4.61. The number of anilines is 1. The third-order valence-electron chi connectivity index (χ3n) is 3.09. The van der Waals surface area contributed by atoms with Gasteiger partial charge in [-0.05, 0) is 19.4 Å². The monoisotopic (exact) mass is 280 g/mol. The molecule has 0 radical (unpaired) electrons. The Morgan fingerprint density at radius 3 is 3.21 bits per heavy atom. The summed E-state index contributed by atoms with van der Waals surface area (Å²) in [6.07, 6.45) is 1.04. The first-order valence-corrected chi connectivity index (χ1v) is 7.03. The van der Waals surface area contributed by atoms with E-state index in [1.54, 1.807) is 11.3 Å². The van der Waals surface area contributed by atoms with E-state index in [2.05, 4.69) is 15.4 Å². The average molecular weight is 280 g/mol. The van der Waals surface area contributed by atoms with Crippen LogP contribution >= 0.6 is 11.3 Å². The van der Waals surface area contributed by atoms with Crippen LogP contribution in [0.3, 0.4) is 0 Å². The van der Waals surface area contributed by atoms with Crippen LogP contribution in [0, 0.1) is 12.8 Å². The van der Waals surface area contributed by atoms with E-state index < -0.39 is 0 Å². The Kier molecular flexibility index (Phi) is 3.50. The molecule has 3 rings (SSSR count). The number of nitrogens with two attached hydrogens (primary N) is 1. The molecule has 6 nitrogen and oxygen atoms in total. The van der Waals surface area contributed by atoms with E-state index in [1.165, 1.54) is 4.88 Å². The van der Waals surface area contributed by atoms with E-state index in [-0.39, 0.29) is 0 Å². The zero-order valence-electron chi connectivity index (χ0n) is 10.7. The summed E-state index contributed by atoms with van der Waals surface area (Å²) in [5.74, 6) is 6.81. The molecule has 0 bridgehead atoms. The fourth-order valence-electron chi connectivity index (χ4n) is 2.10. The van der Waals surface area contributed by atoms with Crippen LogP contribution in [-0.2, 0) is 4.74 Å². The Morgan fingerprint density at radius 2 is 2.47 bits per heavy atom. The van der Waals surface area contributed by atoms with E-state index in [9.17, 15) is 0 Å². The Balaban J connectivity index is 1.86. The summed E-state index contributed by atoms with van der Waals surface area (Å²) in [7, 11) is 0. The highest BCUT2D eigenvalue weighted by atomic mass is 32.1. The molecule has 0 aliphatic carbocycles. The molecule has 1 saturated heterocycles. The number of hydrogen-bond acceptors (Lipinski definition) is 7. The average Bonchev–Trinajstić information content (AvgIpc) is 3.03. The Labute approximate surface area is 114 Å². The van der Waals surface area contributed by atoms with Crippen LogP contribution in [-0.4, -0.2) is 29.8 Å². The van der Waals surface area contributed by atoms with E-state index in [0.717, 1.165) is 29.9 Å². The molecule has 0 aromatic carbocycles. The normalized spacial score (nSPS) is 18.9. The summed E-state index contributed by atoms with van der Waals surface area (Å²) in [6.45, 7) is 4.24. The second kappa shape index (κ2) is 5.28. The summed E-state index contributed by atoms with van der Waals surface area (Å²) >= 11 is 1.60. The van der Waals surface area contributed by atoms with Gasteiger partial charge < -0.3 is 9.47 Å². The molecule has 3 heterocycles. The van der Waals surface area contributed by atoms with Gasteiger partial charge in [0.2, 0.25) is 11.8 Å². The fraction of sp³-hybridized carbons (Fsp3) is 0.500. The van der Waals surface area contributed by atoms with Crippen molar-refractivity contribution >= 4 is 27.5 Å². The van der Waals surface area contributed by atoms with Gasteiger partial charge in [0, 0.05) is 17.4 Å². The molecule has 1 unspecified atom stereocenters. The highest BCUT2D eigenvalue weighted by Crippen LogP contribution is 2.31. The molecule has 7 heteroatoms. The highest BCUT2D eigenvalue weighted by Gasteiger charge is 2.18. The van der Waals surface area contributed by atoms with Crippen molar-refractivity contribution in [2.45, 2.75) is 13.3 Å². The Hall–Kier alpha value is -1.44. The minimum atomic E-state index is 0.382. The molecule has 0 spiro atoms. The zero-order chi connectivity index (χ0) is 13.2. The number of thiophene rings is 1. The summed E-state index contributed by atoms with van der Waals surface area (Å²) in [6, 6.07) is 2.04. The lowest BCUT2D eigenvalue weighted by atomic mass is 10.1. The first-order valence-electron chi connectivity index (χ1n) is 6.21. The van der Waals surface area contributed by atoms with Gasteiger partial charge in [0.05, 0.1) is 18.6 Å². The van der Waals surface area contributed by atoms with Gasteiger partial charge in [0.25, 0.3) is 0 Å². The zero-order valence-corrected chi connectivity index (χ0v) is 11.5. The van der Waals surface area contributed by atoms with Gasteiger partial charge in [-0.2, -0.15) is 4.98 Å². The van der Waals surface area contributed by atoms with Gasteiger partial charge in [0.15, 0.2) is 0 Å². The van der Waals surface area contributed by atoms with Crippen LogP contribution in [0.2, 0.25) is 0 Å². The van der Waals surface area contributed by atoms with Crippen LogP contribution in [0.5, 0.6) is 5.88 Å². The molecule has 19 heavy (non-hydrogen) atoms. The van der Waals surface area contributed by atoms with Gasteiger partial charge in [-0.15, -0.1) is 11.3 Å². The molecule has 102 valence electrons. The standard InChI is InChI=1S/C12H16N4O2S/c1-7-4-9-10(18-6-8-2-3-17-5-8)14-12(16-13)15-11(9)19-7/h4,8H,2-3,5-6,13H2,1H3,(H,14,15,16). The number of hydrogen-bond donors (Lipinski definition) is 2. The van der Waals surface area contributed by atoms with Gasteiger partial charge in [-0.1, -0.05) is 0 Å². The number of aromatic nitrogens is 2. The lowest BCUT2D eigenvalue weighted by Gasteiger charge is -2.11. The molecular weight excluding hydrogens is 264 g/mol. The Morgan fingerprint density at radius 1 is 1.58 bits per heavy atom. The number of rotatable bonds is 4. The second-order valence-corrected chi connectivity index (χ2v) is 5.85. The first-order chi connectivity index (χ1) is 9.26. The highest BCUT2D eigenvalue weighted by molar-refractivity contribution is 7.18. The molecule has 1 atom stereocenters. The van der Waals surface area contributed by atoms with Gasteiger partial charge in [0.1, 0.15) is 4.83 Å².